The molecule has 1 unspecified atom stereocenters. The smallest absolute Gasteiger partial charge is 0.262 e. The minimum atomic E-state index is -3.80. The molecule has 19 heavy (non-hydrogen) atoms. The molecule has 0 aliphatic carbocycles. The molecule has 0 saturated carbocycles. The number of nitriles is 1. The summed E-state index contributed by atoms with van der Waals surface area (Å²) in [6.07, 6.45) is 0.608. The number of nitrogen functional groups attached to an aromatic ring is 1. The van der Waals surface area contributed by atoms with E-state index in [1.165, 1.54) is 16.6 Å². The summed E-state index contributed by atoms with van der Waals surface area (Å²) in [5, 5.41) is 8.65. The largest absolute Gasteiger partial charge is 0.361 e. The number of anilines is 1. The van der Waals surface area contributed by atoms with Crippen molar-refractivity contribution < 1.29 is 13.2 Å². The predicted molar refractivity (Wildman–Crippen MR) is 66.2 cm³/mol. The Balaban J connectivity index is 2.34. The molecule has 1 fully saturated rings. The maximum Gasteiger partial charge on any atom is 0.262 e. The number of aromatic nitrogens is 1. The lowest BCUT2D eigenvalue weighted by molar-refractivity contribution is 0.0311. The highest BCUT2D eigenvalue weighted by molar-refractivity contribution is 7.89. The van der Waals surface area contributed by atoms with Crippen molar-refractivity contribution in [2.75, 3.05) is 25.1 Å². The van der Waals surface area contributed by atoms with Crippen molar-refractivity contribution in [2.24, 2.45) is 5.84 Å². The maximum absolute atomic E-state index is 12.4. The van der Waals surface area contributed by atoms with Crippen LogP contribution in [0.1, 0.15) is 0 Å². The molecule has 3 N–H and O–H groups in total. The highest BCUT2D eigenvalue weighted by Crippen LogP contribution is 2.22. The number of hydrogen-bond donors (Lipinski definition) is 2. The van der Waals surface area contributed by atoms with Gasteiger partial charge in [-0.3, -0.25) is 5.84 Å². The normalized spacial score (nSPS) is 20.7. The van der Waals surface area contributed by atoms with Crippen LogP contribution in [-0.2, 0) is 14.8 Å². The zero-order chi connectivity index (χ0) is 13.9. The Morgan fingerprint density at radius 3 is 3.11 bits per heavy atom. The van der Waals surface area contributed by atoms with Crippen molar-refractivity contribution in [1.29, 1.82) is 5.26 Å². The molecule has 2 heterocycles. The van der Waals surface area contributed by atoms with Crippen LogP contribution in [0.25, 0.3) is 0 Å². The second-order valence-electron chi connectivity index (χ2n) is 3.85. The lowest BCUT2D eigenvalue weighted by Crippen LogP contribution is -2.45. The quantitative estimate of drug-likeness (QED) is 0.554. The van der Waals surface area contributed by atoms with Gasteiger partial charge >= 0.3 is 0 Å². The minimum absolute atomic E-state index is 0.0145. The van der Waals surface area contributed by atoms with Gasteiger partial charge in [0.25, 0.3) is 10.0 Å². The molecule has 1 atom stereocenters. The van der Waals surface area contributed by atoms with Crippen molar-refractivity contribution in [3.8, 4) is 6.07 Å². The van der Waals surface area contributed by atoms with Crippen molar-refractivity contribution in [3.63, 3.8) is 0 Å². The molecule has 0 aromatic carbocycles. The molecule has 9 heteroatoms. The first-order valence-electron chi connectivity index (χ1n) is 5.52. The Hall–Kier alpha value is -1.73. The van der Waals surface area contributed by atoms with Gasteiger partial charge in [0, 0.05) is 12.7 Å². The Kier molecular flexibility index (Phi) is 3.96. The van der Waals surface area contributed by atoms with E-state index in [-0.39, 0.29) is 30.4 Å². The van der Waals surface area contributed by atoms with Gasteiger partial charge in [0.05, 0.1) is 24.9 Å². The van der Waals surface area contributed by atoms with E-state index in [2.05, 4.69) is 10.4 Å². The van der Waals surface area contributed by atoms with Gasteiger partial charge in [-0.1, -0.05) is 0 Å². The average molecular weight is 283 g/mol. The number of rotatable bonds is 3. The van der Waals surface area contributed by atoms with Crippen LogP contribution in [0.2, 0.25) is 0 Å². The first-order chi connectivity index (χ1) is 9.09. The second kappa shape index (κ2) is 5.50. The average Bonchev–Trinajstić information content (AvgIpc) is 2.47. The van der Waals surface area contributed by atoms with Crippen molar-refractivity contribution in [3.05, 3.63) is 18.3 Å². The zero-order valence-corrected chi connectivity index (χ0v) is 10.8. The van der Waals surface area contributed by atoms with Crippen LogP contribution >= 0.6 is 0 Å². The molecule has 102 valence electrons. The molecule has 1 aliphatic heterocycles. The fourth-order valence-electron chi connectivity index (χ4n) is 1.75. The first kappa shape index (κ1) is 13.7. The van der Waals surface area contributed by atoms with E-state index in [1.807, 2.05) is 6.07 Å². The van der Waals surface area contributed by atoms with Gasteiger partial charge in [-0.25, -0.2) is 13.4 Å². The van der Waals surface area contributed by atoms with Crippen LogP contribution in [0.5, 0.6) is 0 Å². The highest BCUT2D eigenvalue weighted by Gasteiger charge is 2.33. The maximum atomic E-state index is 12.4. The van der Waals surface area contributed by atoms with Crippen LogP contribution in [0.4, 0.5) is 5.69 Å². The zero-order valence-electron chi connectivity index (χ0n) is 9.98. The Labute approximate surface area is 110 Å². The third kappa shape index (κ3) is 2.66. The standard InChI is InChI=1S/C10H13N5O3S/c11-6-8-7-15(4-5-18-8)19(16,17)10-9(14-12)2-1-3-13-10/h1-3,8,14H,4-5,7,12H2. The lowest BCUT2D eigenvalue weighted by Gasteiger charge is -2.28. The highest BCUT2D eigenvalue weighted by atomic mass is 32.2. The molecular formula is C10H13N5O3S. The van der Waals surface area contributed by atoms with Crippen molar-refractivity contribution in [1.82, 2.24) is 9.29 Å². The van der Waals surface area contributed by atoms with Crippen LogP contribution in [-0.4, -0.2) is 43.5 Å². The van der Waals surface area contributed by atoms with E-state index in [0.717, 1.165) is 0 Å². The number of ether oxygens (including phenoxy) is 1. The fourth-order valence-corrected chi connectivity index (χ4v) is 3.24. The molecule has 1 aliphatic rings. The SMILES string of the molecule is N#CC1CN(S(=O)(=O)c2ncccc2NN)CCO1. The Morgan fingerprint density at radius 1 is 1.63 bits per heavy atom. The van der Waals surface area contributed by atoms with E-state index in [4.69, 9.17) is 15.8 Å². The number of morpholine rings is 1. The summed E-state index contributed by atoms with van der Waals surface area (Å²) < 4.78 is 31.2. The van der Waals surface area contributed by atoms with Gasteiger partial charge in [0.15, 0.2) is 11.1 Å². The van der Waals surface area contributed by atoms with E-state index in [1.54, 1.807) is 6.07 Å². The van der Waals surface area contributed by atoms with E-state index in [9.17, 15) is 8.42 Å². The lowest BCUT2D eigenvalue weighted by atomic mass is 10.3. The van der Waals surface area contributed by atoms with Gasteiger partial charge in [-0.2, -0.15) is 9.57 Å². The molecular weight excluding hydrogens is 270 g/mol. The van der Waals surface area contributed by atoms with Crippen LogP contribution in [0.15, 0.2) is 23.4 Å². The van der Waals surface area contributed by atoms with Gasteiger partial charge in [0.2, 0.25) is 0 Å². The van der Waals surface area contributed by atoms with Crippen molar-refractivity contribution >= 4 is 15.7 Å². The van der Waals surface area contributed by atoms with E-state index >= 15 is 0 Å². The van der Waals surface area contributed by atoms with Crippen LogP contribution in [0, 0.1) is 11.3 Å². The molecule has 1 aromatic rings. The van der Waals surface area contributed by atoms with Gasteiger partial charge in [-0.05, 0) is 12.1 Å². The van der Waals surface area contributed by atoms with Crippen LogP contribution in [0.3, 0.4) is 0 Å². The summed E-state index contributed by atoms with van der Waals surface area (Å²) in [5.74, 6) is 5.28. The first-order valence-corrected chi connectivity index (χ1v) is 6.96. The number of sulfonamides is 1. The molecule has 0 amide bonds. The monoisotopic (exact) mass is 283 g/mol. The third-order valence-electron chi connectivity index (χ3n) is 2.68. The molecule has 1 saturated heterocycles. The molecule has 2 rings (SSSR count). The Morgan fingerprint density at radius 2 is 2.42 bits per heavy atom. The second-order valence-corrected chi connectivity index (χ2v) is 5.71. The summed E-state index contributed by atoms with van der Waals surface area (Å²) >= 11 is 0. The van der Waals surface area contributed by atoms with Gasteiger partial charge < -0.3 is 10.2 Å². The number of nitrogens with one attached hydrogen (secondary N) is 1. The molecule has 1 aromatic heterocycles. The number of hydrazine groups is 1. The number of nitrogens with zero attached hydrogens (tertiary/aromatic N) is 3. The minimum Gasteiger partial charge on any atom is -0.361 e. The van der Waals surface area contributed by atoms with Gasteiger partial charge in [0.1, 0.15) is 0 Å². The predicted octanol–water partition coefficient (Wildman–Crippen LogP) is -0.720. The fraction of sp³-hybridized carbons (Fsp3) is 0.400. The summed E-state index contributed by atoms with van der Waals surface area (Å²) in [7, 11) is -3.80. The molecule has 8 nitrogen and oxygen atoms in total. The number of hydrogen-bond acceptors (Lipinski definition) is 7. The summed E-state index contributed by atoms with van der Waals surface area (Å²) in [4.78, 5) is 3.85. The molecule has 0 radical (unpaired) electrons. The van der Waals surface area contributed by atoms with Crippen molar-refractivity contribution in [2.45, 2.75) is 11.1 Å². The summed E-state index contributed by atoms with van der Waals surface area (Å²) in [5.41, 5.74) is 2.51. The summed E-state index contributed by atoms with van der Waals surface area (Å²) in [6.45, 7) is 0.343. The number of nitrogens with two attached hydrogens (primary N) is 1. The Bertz CT molecular complexity index is 597. The van der Waals surface area contributed by atoms with E-state index in [0.29, 0.717) is 0 Å². The topological polar surface area (TPSA) is 121 Å². The molecule has 0 bridgehead atoms. The van der Waals surface area contributed by atoms with Crippen LogP contribution < -0.4 is 11.3 Å². The summed E-state index contributed by atoms with van der Waals surface area (Å²) in [6, 6.07) is 4.99. The van der Waals surface area contributed by atoms with Gasteiger partial charge in [-0.15, -0.1) is 0 Å². The third-order valence-corrected chi connectivity index (χ3v) is 4.51. The molecule has 0 spiro atoms. The number of pyridine rings is 1. The van der Waals surface area contributed by atoms with E-state index < -0.39 is 16.1 Å².